The minimum atomic E-state index is -1.75. The van der Waals surface area contributed by atoms with E-state index in [0.29, 0.717) is 24.0 Å². The molecule has 0 saturated carbocycles. The van der Waals surface area contributed by atoms with E-state index in [9.17, 15) is 86.9 Å². The van der Waals surface area contributed by atoms with Gasteiger partial charge in [0.15, 0.2) is 17.7 Å². The SMILES string of the molecule is CCCC[C@H](NC(=O)[C@@H](N)CNC(=O)[C@H](CCCNC(=N)N)NC(=O)[C@H](CCC(N)=O)NC(=O)[C@H](CO)NC(=O)CNC(=O)COCCOCCNC(=O)CCCCCCCCCCCCCCC(=O)O)C(=O)N[C@H]1CCC(=O)NCCCC[C@@H](C(C)=O)NC(=O)[C@H](Cc2c[nH]c3ccccc23)NC(=O)[C@H](CCCNC(=N)N)NC(=O)[C@@H](Cc2ccccc2)NC(=O)[C@@H]2C[C@@H](O)CN2C1=O. The molecule has 2 aromatic carbocycles. The van der Waals surface area contributed by atoms with Gasteiger partial charge in [0.1, 0.15) is 67.0 Å². The summed E-state index contributed by atoms with van der Waals surface area (Å²) in [5.74, 6) is -14.9. The van der Waals surface area contributed by atoms with Crippen molar-refractivity contribution in [2.75, 3.05) is 78.8 Å². The molecule has 0 spiro atoms. The van der Waals surface area contributed by atoms with Crippen LogP contribution in [0.15, 0.2) is 60.8 Å². The number of Topliss-reactive ketones (excluding diaryl/α,β-unsaturated/α-hetero) is 1. The molecule has 5 rings (SSSR count). The number of ketones is 1. The van der Waals surface area contributed by atoms with Crippen LogP contribution in [0.1, 0.15) is 211 Å². The number of fused-ring (bicyclic) bond motifs is 2. The zero-order valence-electron chi connectivity index (χ0n) is 77.5. The van der Waals surface area contributed by atoms with E-state index >= 15 is 4.79 Å². The first kappa shape index (κ1) is 113. The highest BCUT2D eigenvalue weighted by Gasteiger charge is 2.44. The topological polar surface area (TPSA) is 721 Å². The molecule has 15 amide bonds. The molecule has 2 saturated heterocycles. The van der Waals surface area contributed by atoms with Crippen molar-refractivity contribution in [2.45, 2.75) is 285 Å². The van der Waals surface area contributed by atoms with Gasteiger partial charge in [-0.2, -0.15) is 0 Å². The van der Waals surface area contributed by atoms with E-state index in [0.717, 1.165) is 86.4 Å². The van der Waals surface area contributed by atoms with Crippen molar-refractivity contribution in [1.29, 1.82) is 10.8 Å². The number of unbranched alkanes of at least 4 members (excludes halogenated alkanes) is 12. The number of carboxylic acid groups (broad SMARTS) is 1. The van der Waals surface area contributed by atoms with Gasteiger partial charge >= 0.3 is 5.97 Å². The lowest BCUT2D eigenvalue weighted by Crippen LogP contribution is -2.60. The number of rotatable bonds is 57. The van der Waals surface area contributed by atoms with Crippen LogP contribution in [0.5, 0.6) is 0 Å². The van der Waals surface area contributed by atoms with Crippen LogP contribution >= 0.6 is 0 Å². The highest BCUT2D eigenvalue weighted by molar-refractivity contribution is 6.00. The number of ether oxygens (including phenoxy) is 2. The first-order valence-electron chi connectivity index (χ1n) is 46.7. The van der Waals surface area contributed by atoms with E-state index in [2.05, 4.69) is 84.7 Å². The van der Waals surface area contributed by atoms with Gasteiger partial charge in [-0.1, -0.05) is 133 Å². The fourth-order valence-corrected chi connectivity index (χ4v) is 15.2. The van der Waals surface area contributed by atoms with E-state index in [4.69, 9.17) is 48.3 Å². The van der Waals surface area contributed by atoms with Crippen molar-refractivity contribution in [2.24, 2.45) is 22.9 Å². The Morgan fingerprint density at radius 3 is 1.79 bits per heavy atom. The van der Waals surface area contributed by atoms with Gasteiger partial charge in [0, 0.05) is 101 Å². The summed E-state index contributed by atoms with van der Waals surface area (Å²) >= 11 is 0. The molecule has 2 fully saturated rings. The molecule has 12 atom stereocenters. The summed E-state index contributed by atoms with van der Waals surface area (Å²) in [6.07, 6.45) is 11.9. The predicted molar refractivity (Wildman–Crippen MR) is 497 cm³/mol. The summed E-state index contributed by atoms with van der Waals surface area (Å²) in [6, 6.07) is -1.02. The summed E-state index contributed by atoms with van der Waals surface area (Å²) in [4.78, 5) is 238. The number of benzene rings is 2. The third-order valence-electron chi connectivity index (χ3n) is 22.7. The molecule has 0 bridgehead atoms. The number of hydrogen-bond acceptors (Lipinski definition) is 24. The molecule has 0 aliphatic carbocycles. The largest absolute Gasteiger partial charge is 0.481 e. The fraction of sp³-hybridized carbons (Fsp3) is 0.633. The maximum atomic E-state index is 15.3. The Hall–Kier alpha value is -12.5. The second-order valence-corrected chi connectivity index (χ2v) is 33.8. The van der Waals surface area contributed by atoms with Crippen molar-refractivity contribution < 1.29 is 106 Å². The van der Waals surface area contributed by atoms with Crippen LogP contribution in [-0.2, 0) is 104 Å². The third kappa shape index (κ3) is 45.4. The van der Waals surface area contributed by atoms with Crippen LogP contribution in [0.25, 0.3) is 10.9 Å². The number of aliphatic hydroxyl groups is 2. The summed E-state index contributed by atoms with van der Waals surface area (Å²) in [5.41, 5.74) is 24.8. The Morgan fingerprint density at radius 1 is 0.556 bits per heavy atom. The molecule has 0 unspecified atom stereocenters. The molecule has 29 N–H and O–H groups in total. The minimum absolute atomic E-state index is 0.0131. The molecule has 45 heteroatoms. The Labute approximate surface area is 785 Å². The molecular weight excluding hydrogens is 1760 g/mol. The Balaban J connectivity index is 1.23. The minimum Gasteiger partial charge on any atom is -0.481 e. The number of aromatic nitrogens is 1. The zero-order valence-corrected chi connectivity index (χ0v) is 77.5. The number of primary amides is 1. The molecule has 45 nitrogen and oxygen atoms in total. The van der Waals surface area contributed by atoms with Gasteiger partial charge in [-0.15, -0.1) is 0 Å². The van der Waals surface area contributed by atoms with Crippen molar-refractivity contribution in [3.8, 4) is 0 Å². The third-order valence-corrected chi connectivity index (χ3v) is 22.7. The van der Waals surface area contributed by atoms with Gasteiger partial charge in [-0.05, 0) is 101 Å². The highest BCUT2D eigenvalue weighted by atomic mass is 16.5. The summed E-state index contributed by atoms with van der Waals surface area (Å²) < 4.78 is 10.8. The summed E-state index contributed by atoms with van der Waals surface area (Å²) in [6.45, 7) is 0.255. The Bertz CT molecular complexity index is 4350. The van der Waals surface area contributed by atoms with Crippen LogP contribution in [-0.4, -0.2) is 289 Å². The number of guanidine groups is 2. The van der Waals surface area contributed by atoms with Gasteiger partial charge in [0.05, 0.1) is 45.1 Å². The quantitative estimate of drug-likeness (QED) is 0.0154. The average molecular weight is 1900 g/mol. The molecule has 2 aliphatic heterocycles. The second-order valence-electron chi connectivity index (χ2n) is 33.8. The van der Waals surface area contributed by atoms with Crippen LogP contribution < -0.4 is 103 Å². The normalized spacial score (nSPS) is 18.7. The number of carboxylic acids is 1. The van der Waals surface area contributed by atoms with Crippen LogP contribution in [0.3, 0.4) is 0 Å². The number of hydrogen-bond donors (Lipinski definition) is 25. The number of para-hydroxylation sites is 1. The van der Waals surface area contributed by atoms with Crippen molar-refractivity contribution in [3.63, 3.8) is 0 Å². The number of amides is 15. The molecular formula is C90H143N23O22. The second kappa shape index (κ2) is 63.6. The summed E-state index contributed by atoms with van der Waals surface area (Å²) in [5, 5.41) is 85.4. The monoisotopic (exact) mass is 1900 g/mol. The number of carbonyl (C=O) groups excluding carboxylic acids is 16. The van der Waals surface area contributed by atoms with Crippen LogP contribution in [0.2, 0.25) is 0 Å². The summed E-state index contributed by atoms with van der Waals surface area (Å²) in [7, 11) is 0. The molecule has 2 aliphatic rings. The maximum Gasteiger partial charge on any atom is 0.303 e. The van der Waals surface area contributed by atoms with Crippen LogP contribution in [0.4, 0.5) is 0 Å². The van der Waals surface area contributed by atoms with E-state index in [1.807, 2.05) is 18.2 Å². The number of nitrogens with two attached hydrogens (primary N) is 4. The highest BCUT2D eigenvalue weighted by Crippen LogP contribution is 2.24. The molecule has 750 valence electrons. The number of nitrogens with one attached hydrogen (secondary N) is 18. The molecule has 1 aromatic heterocycles. The first-order valence-corrected chi connectivity index (χ1v) is 46.7. The predicted octanol–water partition coefficient (Wildman–Crippen LogP) is -2.82. The van der Waals surface area contributed by atoms with Gasteiger partial charge in [-0.25, -0.2) is 0 Å². The lowest BCUT2D eigenvalue weighted by Gasteiger charge is -2.31. The smallest absolute Gasteiger partial charge is 0.303 e. The van der Waals surface area contributed by atoms with E-state index in [1.54, 1.807) is 49.5 Å². The van der Waals surface area contributed by atoms with E-state index < -0.39 is 238 Å². The molecule has 135 heavy (non-hydrogen) atoms. The number of aliphatic hydroxyl groups excluding tert-OH is 2. The molecule has 3 aromatic rings. The lowest BCUT2D eigenvalue weighted by molar-refractivity contribution is -0.143. The Kier molecular flexibility index (Phi) is 53.3. The number of H-pyrrole nitrogens is 1. The van der Waals surface area contributed by atoms with Gasteiger partial charge < -0.3 is 137 Å². The Morgan fingerprint density at radius 2 is 1.13 bits per heavy atom. The fourth-order valence-electron chi connectivity index (χ4n) is 15.2. The number of aromatic amines is 1. The van der Waals surface area contributed by atoms with Crippen LogP contribution in [0, 0.1) is 10.8 Å². The number of aliphatic carboxylic acids is 1. The van der Waals surface area contributed by atoms with E-state index in [1.165, 1.54) is 13.3 Å². The van der Waals surface area contributed by atoms with Gasteiger partial charge in [-0.3, -0.25) is 92.3 Å². The zero-order chi connectivity index (χ0) is 99.0. The molecule has 3 heterocycles. The molecule has 0 radical (unpaired) electrons. The van der Waals surface area contributed by atoms with Crippen molar-refractivity contribution in [3.05, 3.63) is 71.9 Å². The van der Waals surface area contributed by atoms with Crippen molar-refractivity contribution >= 4 is 123 Å². The number of carbonyl (C=O) groups is 17. The van der Waals surface area contributed by atoms with E-state index in [-0.39, 0.29) is 135 Å². The number of nitrogens with zero attached hydrogens (tertiary/aromatic N) is 1. The van der Waals surface area contributed by atoms with Gasteiger partial charge in [0.25, 0.3) is 0 Å². The van der Waals surface area contributed by atoms with Crippen molar-refractivity contribution in [1.82, 2.24) is 89.6 Å². The maximum absolute atomic E-state index is 15.3. The average Bonchev–Trinajstić information content (AvgIpc) is 1.68. The standard InChI is InChI=1S/C90H143N23O22/c1-3-4-29-65(106-79(124)61(91)51-103-80(125)64(32-24-41-99-89(93)94)107-83(128)67(36-38-73(92)117)109-86(131)71(54-114)104-76(120)52-102-77(121)55-135-46-45-134-44-43-98-74(118)34-18-13-11-9-7-5-6-8-10-12-14-19-35-78(122)123)81(126)110-68-37-39-75(119)97-40-23-22-30-62(56(2)115)105-85(130)70(48-58-50-101-63-31-21-20-28-60(58)63)111-82(127)66(33-25-42-100-90(95)96)108-84(129)69(47-57-26-16-15-17-27-57)112-87(132)72-49-59(116)53-113(72)88(68)133/h15-17,20-21,26-28,31,50,59,61-62,64-72,101,114,116H,3-14,18-19,22-25,29-30,32-49,51-55,91H2,1-2H3,(H2,92,117)(H,97,119)(H,98,118)(H,102,121)(H,103,125)(H,104,120)(H,105,130)(H,106,124)(H,107,128)(H,108,129)(H,109,131)(H,110,126)(H,111,127)(H,112,132)(H,122,123)(H4,93,94,99)(H4,95,96,100)/t59-,61+,62+,64+,65+,66+,67+,68+,69-,70+,71+,72+/m1/s1. The van der Waals surface area contributed by atoms with Gasteiger partial charge in [0.2, 0.25) is 88.6 Å². The lowest BCUT2D eigenvalue weighted by atomic mass is 10.0. The first-order chi connectivity index (χ1) is 64.7.